The van der Waals surface area contributed by atoms with Crippen LogP contribution < -0.4 is 0 Å². The molecule has 0 aliphatic heterocycles. The van der Waals surface area contributed by atoms with Crippen molar-refractivity contribution in [1.29, 1.82) is 0 Å². The number of carboxylic acid groups (broad SMARTS) is 1. The van der Waals surface area contributed by atoms with Gasteiger partial charge < -0.3 is 5.11 Å². The van der Waals surface area contributed by atoms with Gasteiger partial charge in [0.2, 0.25) is 0 Å². The monoisotopic (exact) mass is 260 g/mol. The van der Waals surface area contributed by atoms with Crippen LogP contribution in [0.2, 0.25) is 0 Å². The quantitative estimate of drug-likeness (QED) is 0.668. The van der Waals surface area contributed by atoms with Crippen molar-refractivity contribution < 1.29 is 19.1 Å². The lowest BCUT2D eigenvalue weighted by Crippen LogP contribution is -2.17. The number of carboxylic acids is 1. The van der Waals surface area contributed by atoms with Crippen LogP contribution in [0.15, 0.2) is 24.3 Å². The van der Waals surface area contributed by atoms with Crippen molar-refractivity contribution in [2.24, 2.45) is 0 Å². The van der Waals surface area contributed by atoms with Crippen molar-refractivity contribution in [3.8, 4) is 0 Å². The number of hydrogen-bond donors (Lipinski definition) is 1. The Morgan fingerprint density at radius 2 is 1.79 bits per heavy atom. The van der Waals surface area contributed by atoms with Crippen molar-refractivity contribution in [2.45, 2.75) is 4.83 Å². The standard InChI is InChI=1S/C9H6BrFO3/c10-7(8(12)9(13)14)5-1-3-6(11)4-2-5/h1-4,7H,(H,13,14). The van der Waals surface area contributed by atoms with Gasteiger partial charge in [0.05, 0.1) is 0 Å². The van der Waals surface area contributed by atoms with Gasteiger partial charge in [-0.1, -0.05) is 28.1 Å². The highest BCUT2D eigenvalue weighted by Crippen LogP contribution is 2.23. The first-order chi connectivity index (χ1) is 6.52. The van der Waals surface area contributed by atoms with E-state index in [0.29, 0.717) is 5.56 Å². The van der Waals surface area contributed by atoms with Crippen molar-refractivity contribution in [3.05, 3.63) is 35.6 Å². The van der Waals surface area contributed by atoms with E-state index >= 15 is 0 Å². The molecule has 14 heavy (non-hydrogen) atoms. The molecule has 1 atom stereocenters. The lowest BCUT2D eigenvalue weighted by molar-refractivity contribution is -0.148. The molecule has 74 valence electrons. The predicted octanol–water partition coefficient (Wildman–Crippen LogP) is 1.92. The smallest absolute Gasteiger partial charge is 0.373 e. The molecule has 0 fully saturated rings. The zero-order valence-corrected chi connectivity index (χ0v) is 8.49. The first-order valence-corrected chi connectivity index (χ1v) is 4.60. The summed E-state index contributed by atoms with van der Waals surface area (Å²) in [4.78, 5) is 20.4. The Hall–Kier alpha value is -1.23. The van der Waals surface area contributed by atoms with E-state index in [9.17, 15) is 14.0 Å². The number of ketones is 1. The molecule has 0 spiro atoms. The second-order valence-electron chi connectivity index (χ2n) is 2.58. The van der Waals surface area contributed by atoms with Gasteiger partial charge in [-0.15, -0.1) is 0 Å². The normalized spacial score (nSPS) is 12.1. The third kappa shape index (κ3) is 2.38. The van der Waals surface area contributed by atoms with Crippen LogP contribution in [0.5, 0.6) is 0 Å². The first kappa shape index (κ1) is 10.8. The van der Waals surface area contributed by atoms with Crippen LogP contribution in [0.25, 0.3) is 0 Å². The molecule has 0 aliphatic rings. The zero-order valence-electron chi connectivity index (χ0n) is 6.91. The van der Waals surface area contributed by atoms with E-state index in [4.69, 9.17) is 5.11 Å². The van der Waals surface area contributed by atoms with Crippen LogP contribution in [0, 0.1) is 5.82 Å². The summed E-state index contributed by atoms with van der Waals surface area (Å²) in [6.45, 7) is 0. The second-order valence-corrected chi connectivity index (χ2v) is 3.50. The molecule has 1 rings (SSSR count). The van der Waals surface area contributed by atoms with Gasteiger partial charge in [-0.05, 0) is 17.7 Å². The highest BCUT2D eigenvalue weighted by Gasteiger charge is 2.23. The molecular formula is C9H6BrFO3. The van der Waals surface area contributed by atoms with E-state index in [-0.39, 0.29) is 0 Å². The lowest BCUT2D eigenvalue weighted by atomic mass is 10.1. The highest BCUT2D eigenvalue weighted by atomic mass is 79.9. The summed E-state index contributed by atoms with van der Waals surface area (Å²) in [6.07, 6.45) is 0. The van der Waals surface area contributed by atoms with Crippen LogP contribution in [-0.2, 0) is 9.59 Å². The molecular weight excluding hydrogens is 255 g/mol. The number of carbonyl (C=O) groups is 2. The molecule has 3 nitrogen and oxygen atoms in total. The van der Waals surface area contributed by atoms with Crippen molar-refractivity contribution >= 4 is 27.7 Å². The number of carbonyl (C=O) groups excluding carboxylic acids is 1. The summed E-state index contributed by atoms with van der Waals surface area (Å²) in [6, 6.07) is 5.04. The molecule has 5 heteroatoms. The first-order valence-electron chi connectivity index (χ1n) is 3.69. The number of rotatable bonds is 3. The maximum absolute atomic E-state index is 12.5. The minimum absolute atomic E-state index is 0.416. The molecule has 0 aliphatic carbocycles. The Balaban J connectivity index is 2.89. The van der Waals surface area contributed by atoms with E-state index < -0.39 is 22.4 Å². The summed E-state index contributed by atoms with van der Waals surface area (Å²) < 4.78 is 12.5. The molecule has 1 aromatic carbocycles. The van der Waals surface area contributed by atoms with E-state index in [2.05, 4.69) is 15.9 Å². The zero-order chi connectivity index (χ0) is 10.7. The summed E-state index contributed by atoms with van der Waals surface area (Å²) in [5.74, 6) is -2.93. The summed E-state index contributed by atoms with van der Waals surface area (Å²) in [5.41, 5.74) is 0.416. The maximum atomic E-state index is 12.5. The third-order valence-corrected chi connectivity index (χ3v) is 2.55. The van der Waals surface area contributed by atoms with Gasteiger partial charge in [-0.25, -0.2) is 9.18 Å². The molecule has 0 saturated heterocycles. The Morgan fingerprint density at radius 3 is 2.21 bits per heavy atom. The molecule has 0 radical (unpaired) electrons. The topological polar surface area (TPSA) is 54.4 Å². The molecule has 1 unspecified atom stereocenters. The Morgan fingerprint density at radius 1 is 1.29 bits per heavy atom. The Labute approximate surface area is 87.7 Å². The Kier molecular flexibility index (Phi) is 3.35. The molecule has 0 bridgehead atoms. The summed E-state index contributed by atoms with van der Waals surface area (Å²) in [5, 5.41) is 8.41. The number of alkyl halides is 1. The SMILES string of the molecule is O=C(O)C(=O)C(Br)c1ccc(F)cc1. The summed E-state index contributed by atoms with van der Waals surface area (Å²) in [7, 11) is 0. The van der Waals surface area contributed by atoms with E-state index in [0.717, 1.165) is 0 Å². The second kappa shape index (κ2) is 4.32. The van der Waals surface area contributed by atoms with Crippen LogP contribution in [-0.4, -0.2) is 16.9 Å². The van der Waals surface area contributed by atoms with Crippen LogP contribution in [0.3, 0.4) is 0 Å². The minimum Gasteiger partial charge on any atom is -0.475 e. The fourth-order valence-electron chi connectivity index (χ4n) is 0.892. The Bertz CT molecular complexity index is 361. The predicted molar refractivity (Wildman–Crippen MR) is 50.7 cm³/mol. The molecule has 1 N–H and O–H groups in total. The molecule has 1 aromatic rings. The molecule has 0 amide bonds. The third-order valence-electron chi connectivity index (χ3n) is 1.60. The number of aliphatic carboxylic acids is 1. The van der Waals surface area contributed by atoms with Gasteiger partial charge in [0, 0.05) is 0 Å². The van der Waals surface area contributed by atoms with Crippen molar-refractivity contribution in [1.82, 2.24) is 0 Å². The highest BCUT2D eigenvalue weighted by molar-refractivity contribution is 9.09. The number of halogens is 2. The van der Waals surface area contributed by atoms with Crippen molar-refractivity contribution in [3.63, 3.8) is 0 Å². The van der Waals surface area contributed by atoms with Crippen LogP contribution in [0.4, 0.5) is 4.39 Å². The average molecular weight is 261 g/mol. The van der Waals surface area contributed by atoms with E-state index in [1.165, 1.54) is 24.3 Å². The van der Waals surface area contributed by atoms with Crippen molar-refractivity contribution in [2.75, 3.05) is 0 Å². The largest absolute Gasteiger partial charge is 0.475 e. The van der Waals surface area contributed by atoms with Crippen LogP contribution in [0.1, 0.15) is 10.4 Å². The number of Topliss-reactive ketones (excluding diaryl/α,β-unsaturated/α-hetero) is 1. The number of benzene rings is 1. The van der Waals surface area contributed by atoms with E-state index in [1.807, 2.05) is 0 Å². The fourth-order valence-corrected chi connectivity index (χ4v) is 1.39. The molecule has 0 saturated carbocycles. The van der Waals surface area contributed by atoms with Gasteiger partial charge in [0.25, 0.3) is 5.78 Å². The fraction of sp³-hybridized carbons (Fsp3) is 0.111. The van der Waals surface area contributed by atoms with Crippen LogP contribution >= 0.6 is 15.9 Å². The average Bonchev–Trinajstić information content (AvgIpc) is 2.16. The van der Waals surface area contributed by atoms with E-state index in [1.54, 1.807) is 0 Å². The molecule has 0 aromatic heterocycles. The van der Waals surface area contributed by atoms with Gasteiger partial charge in [0.15, 0.2) is 0 Å². The summed E-state index contributed by atoms with van der Waals surface area (Å²) >= 11 is 2.92. The maximum Gasteiger partial charge on any atom is 0.373 e. The van der Waals surface area contributed by atoms with Gasteiger partial charge in [-0.3, -0.25) is 4.79 Å². The van der Waals surface area contributed by atoms with Gasteiger partial charge in [0.1, 0.15) is 10.6 Å². The number of hydrogen-bond acceptors (Lipinski definition) is 2. The molecule has 0 heterocycles. The minimum atomic E-state index is -1.52. The van der Waals surface area contributed by atoms with Gasteiger partial charge in [-0.2, -0.15) is 0 Å². The lowest BCUT2D eigenvalue weighted by Gasteiger charge is -2.05. The van der Waals surface area contributed by atoms with Gasteiger partial charge >= 0.3 is 5.97 Å².